The highest BCUT2D eigenvalue weighted by Gasteiger charge is 2.30. The Kier molecular flexibility index (Phi) is 4.55. The van der Waals surface area contributed by atoms with Gasteiger partial charge in [-0.05, 0) is 49.5 Å². The molecule has 4 rings (SSSR count). The molecule has 4 aromatic rings. The molecular formula is C19H12F3N3O2S2. The van der Waals surface area contributed by atoms with Crippen LogP contribution in [0.2, 0.25) is 0 Å². The maximum Gasteiger partial charge on any atom is 0.416 e. The molecule has 2 heterocycles. The number of aromatic nitrogens is 2. The molecule has 0 aliphatic heterocycles. The van der Waals surface area contributed by atoms with Gasteiger partial charge in [0.2, 0.25) is 0 Å². The number of nitrogens with zero attached hydrogens (tertiary/aromatic N) is 1. The van der Waals surface area contributed by atoms with Gasteiger partial charge in [-0.2, -0.15) is 13.2 Å². The van der Waals surface area contributed by atoms with Crippen LogP contribution in [0.1, 0.15) is 20.8 Å². The maximum absolute atomic E-state index is 12.9. The fraction of sp³-hybridized carbons (Fsp3) is 0.105. The second-order valence-electron chi connectivity index (χ2n) is 6.39. The van der Waals surface area contributed by atoms with Gasteiger partial charge in [0, 0.05) is 5.69 Å². The molecular weight excluding hydrogens is 423 g/mol. The Balaban J connectivity index is 1.82. The van der Waals surface area contributed by atoms with Gasteiger partial charge in [-0.25, -0.2) is 0 Å². The first-order valence-corrected chi connectivity index (χ1v) is 9.54. The van der Waals surface area contributed by atoms with E-state index in [1.807, 2.05) is 13.0 Å². The van der Waals surface area contributed by atoms with Crippen LogP contribution >= 0.6 is 23.6 Å². The first-order valence-electron chi connectivity index (χ1n) is 8.32. The van der Waals surface area contributed by atoms with Crippen LogP contribution in [0.15, 0.2) is 47.3 Å². The zero-order valence-corrected chi connectivity index (χ0v) is 16.4. The maximum atomic E-state index is 12.9. The molecule has 10 heteroatoms. The predicted molar refractivity (Wildman–Crippen MR) is 108 cm³/mol. The molecule has 0 spiro atoms. The topological polar surface area (TPSA) is 66.4 Å². The van der Waals surface area contributed by atoms with Crippen LogP contribution in [0.5, 0.6) is 0 Å². The van der Waals surface area contributed by atoms with E-state index in [2.05, 4.69) is 10.3 Å². The summed E-state index contributed by atoms with van der Waals surface area (Å²) in [5.41, 5.74) is 0.372. The summed E-state index contributed by atoms with van der Waals surface area (Å²) in [6, 6.07) is 9.60. The molecule has 29 heavy (non-hydrogen) atoms. The van der Waals surface area contributed by atoms with Gasteiger partial charge >= 0.3 is 6.18 Å². The lowest BCUT2D eigenvalue weighted by atomic mass is 10.1. The summed E-state index contributed by atoms with van der Waals surface area (Å²) in [4.78, 5) is 28.0. The van der Waals surface area contributed by atoms with Gasteiger partial charge in [-0.1, -0.05) is 29.0 Å². The molecule has 5 nitrogen and oxygen atoms in total. The van der Waals surface area contributed by atoms with Crippen LogP contribution in [0.3, 0.4) is 0 Å². The largest absolute Gasteiger partial charge is 0.416 e. The lowest BCUT2D eigenvalue weighted by molar-refractivity contribution is -0.137. The molecule has 2 N–H and O–H groups in total. The van der Waals surface area contributed by atoms with Crippen molar-refractivity contribution in [3.05, 3.63) is 72.8 Å². The Labute approximate surface area is 170 Å². The monoisotopic (exact) mass is 435 g/mol. The van der Waals surface area contributed by atoms with Gasteiger partial charge in [0.25, 0.3) is 11.5 Å². The van der Waals surface area contributed by atoms with E-state index < -0.39 is 17.6 Å². The molecule has 0 unspecified atom stereocenters. The van der Waals surface area contributed by atoms with E-state index in [-0.39, 0.29) is 21.8 Å². The molecule has 2 aromatic carbocycles. The van der Waals surface area contributed by atoms with E-state index >= 15 is 0 Å². The number of nitrogens with one attached hydrogen (secondary N) is 2. The molecule has 0 atom stereocenters. The van der Waals surface area contributed by atoms with E-state index in [9.17, 15) is 22.8 Å². The average molecular weight is 435 g/mol. The molecule has 0 saturated heterocycles. The second kappa shape index (κ2) is 6.82. The molecule has 0 saturated carbocycles. The number of fused-ring (bicyclic) bond motifs is 3. The SMILES string of the molecule is Cc1ccc2c(c1)c(=O)[nH]c1c(C(=O)Nc3cccc(C(F)(F)F)c3)sc(=S)n12. The average Bonchev–Trinajstić information content (AvgIpc) is 2.98. The first-order chi connectivity index (χ1) is 13.6. The Morgan fingerprint density at radius 3 is 2.69 bits per heavy atom. The number of aryl methyl sites for hydroxylation is 1. The first kappa shape index (κ1) is 19.3. The minimum absolute atomic E-state index is 0.0129. The van der Waals surface area contributed by atoms with E-state index in [0.29, 0.717) is 14.9 Å². The summed E-state index contributed by atoms with van der Waals surface area (Å²) in [5, 5.41) is 2.87. The smallest absolute Gasteiger partial charge is 0.321 e. The predicted octanol–water partition coefficient (Wildman–Crippen LogP) is 5.15. The standard InChI is InChI=1S/C19H12F3N3O2S2/c1-9-5-6-13-12(7-9)16(26)24-15-14(29-18(28)25(13)15)17(27)23-11-4-2-3-10(8-11)19(20,21)22/h2-8H,1H3,(H,23,27)(H,24,26). The summed E-state index contributed by atoms with van der Waals surface area (Å²) in [6.45, 7) is 1.85. The van der Waals surface area contributed by atoms with Gasteiger partial charge in [0.15, 0.2) is 3.95 Å². The lowest BCUT2D eigenvalue weighted by Crippen LogP contribution is -2.15. The van der Waals surface area contributed by atoms with Crippen molar-refractivity contribution in [2.24, 2.45) is 0 Å². The van der Waals surface area contributed by atoms with Crippen LogP contribution in [0.4, 0.5) is 18.9 Å². The fourth-order valence-corrected chi connectivity index (χ4v) is 4.30. The summed E-state index contributed by atoms with van der Waals surface area (Å²) in [5.74, 6) is -0.662. The number of hydrogen-bond acceptors (Lipinski definition) is 4. The Bertz CT molecular complexity index is 1400. The molecule has 0 aliphatic rings. The number of halogens is 3. The molecule has 0 bridgehead atoms. The highest BCUT2D eigenvalue weighted by Crippen LogP contribution is 2.31. The van der Waals surface area contributed by atoms with Crippen molar-refractivity contribution in [2.45, 2.75) is 13.1 Å². The van der Waals surface area contributed by atoms with E-state index in [1.165, 1.54) is 12.1 Å². The number of carbonyl (C=O) groups is 1. The van der Waals surface area contributed by atoms with Gasteiger partial charge in [-0.3, -0.25) is 14.0 Å². The molecule has 148 valence electrons. The van der Waals surface area contributed by atoms with Crippen LogP contribution in [0.25, 0.3) is 16.6 Å². The van der Waals surface area contributed by atoms with Gasteiger partial charge in [-0.15, -0.1) is 0 Å². The normalized spacial score (nSPS) is 11.9. The molecule has 1 amide bonds. The van der Waals surface area contributed by atoms with Gasteiger partial charge in [0.1, 0.15) is 10.5 Å². The van der Waals surface area contributed by atoms with Crippen LogP contribution in [-0.2, 0) is 6.18 Å². The summed E-state index contributed by atoms with van der Waals surface area (Å²) >= 11 is 6.33. The molecule has 0 aliphatic carbocycles. The van der Waals surface area contributed by atoms with Gasteiger partial charge in [0.05, 0.1) is 16.5 Å². The number of aromatic amines is 1. The highest BCUT2D eigenvalue weighted by atomic mass is 32.1. The minimum atomic E-state index is -4.53. The number of benzene rings is 2. The third kappa shape index (κ3) is 3.45. The number of alkyl halides is 3. The minimum Gasteiger partial charge on any atom is -0.321 e. The molecule has 0 radical (unpaired) electrons. The third-order valence-corrected chi connectivity index (χ3v) is 5.71. The number of carbonyl (C=O) groups excluding carboxylic acids is 1. The Morgan fingerprint density at radius 2 is 1.97 bits per heavy atom. The van der Waals surface area contributed by atoms with Crippen LogP contribution in [-0.4, -0.2) is 15.3 Å². The number of anilines is 1. The van der Waals surface area contributed by atoms with E-state index in [1.54, 1.807) is 16.5 Å². The zero-order valence-electron chi connectivity index (χ0n) is 14.8. The van der Waals surface area contributed by atoms with Crippen molar-refractivity contribution < 1.29 is 18.0 Å². The fourth-order valence-electron chi connectivity index (χ4n) is 3.02. The van der Waals surface area contributed by atoms with E-state index in [0.717, 1.165) is 29.0 Å². The Hall–Kier alpha value is -2.98. The summed E-state index contributed by atoms with van der Waals surface area (Å²) < 4.78 is 40.6. The van der Waals surface area contributed by atoms with Gasteiger partial charge < -0.3 is 10.3 Å². The number of hydrogen-bond donors (Lipinski definition) is 2. The molecule has 2 aromatic heterocycles. The zero-order chi connectivity index (χ0) is 20.9. The van der Waals surface area contributed by atoms with E-state index in [4.69, 9.17) is 12.2 Å². The highest BCUT2D eigenvalue weighted by molar-refractivity contribution is 7.73. The van der Waals surface area contributed by atoms with Crippen LogP contribution < -0.4 is 10.9 Å². The number of amides is 1. The van der Waals surface area contributed by atoms with Crippen molar-refractivity contribution in [2.75, 3.05) is 5.32 Å². The third-order valence-electron chi connectivity index (χ3n) is 4.33. The quantitative estimate of drug-likeness (QED) is 0.428. The number of rotatable bonds is 2. The van der Waals surface area contributed by atoms with Crippen molar-refractivity contribution in [3.63, 3.8) is 0 Å². The van der Waals surface area contributed by atoms with Crippen molar-refractivity contribution in [1.82, 2.24) is 9.38 Å². The number of thiazole rings is 1. The van der Waals surface area contributed by atoms with Crippen LogP contribution in [0, 0.1) is 10.9 Å². The summed E-state index contributed by atoms with van der Waals surface area (Å²) in [7, 11) is 0. The van der Waals surface area contributed by atoms with Crippen molar-refractivity contribution >= 4 is 51.7 Å². The molecule has 0 fully saturated rings. The lowest BCUT2D eigenvalue weighted by Gasteiger charge is -2.09. The Morgan fingerprint density at radius 1 is 1.21 bits per heavy atom. The second-order valence-corrected chi connectivity index (χ2v) is 8.03. The number of H-pyrrole nitrogens is 1. The van der Waals surface area contributed by atoms with Crippen molar-refractivity contribution in [1.29, 1.82) is 0 Å². The van der Waals surface area contributed by atoms with Crippen molar-refractivity contribution in [3.8, 4) is 0 Å². The summed E-state index contributed by atoms with van der Waals surface area (Å²) in [6.07, 6.45) is -4.53.